The summed E-state index contributed by atoms with van der Waals surface area (Å²) in [5.74, 6) is 1.60. The number of carbonyl (C=O) groups excluding carboxylic acids is 1. The van der Waals surface area contributed by atoms with Crippen molar-refractivity contribution in [2.75, 3.05) is 26.3 Å². The highest BCUT2D eigenvalue weighted by Gasteiger charge is 2.22. The summed E-state index contributed by atoms with van der Waals surface area (Å²) in [6, 6.07) is 4.09. The first-order chi connectivity index (χ1) is 10.6. The molecular weight excluding hydrogens is 304 g/mol. The van der Waals surface area contributed by atoms with Crippen LogP contribution >= 0.6 is 11.6 Å². The van der Waals surface area contributed by atoms with Gasteiger partial charge in [0.1, 0.15) is 13.2 Å². The maximum absolute atomic E-state index is 11.6. The molecule has 2 aliphatic heterocycles. The highest BCUT2D eigenvalue weighted by molar-refractivity contribution is 6.32. The largest absolute Gasteiger partial charge is 0.486 e. The Morgan fingerprint density at radius 3 is 2.95 bits per heavy atom. The highest BCUT2D eigenvalue weighted by atomic mass is 35.5. The number of hydrogen-bond acceptors (Lipinski definition) is 4. The summed E-state index contributed by atoms with van der Waals surface area (Å²) in [6.45, 7) is 5.47. The number of fused-ring (bicyclic) bond motifs is 1. The van der Waals surface area contributed by atoms with Crippen LogP contribution < -0.4 is 14.8 Å². The molecule has 2 aliphatic rings. The zero-order valence-electron chi connectivity index (χ0n) is 12.7. The summed E-state index contributed by atoms with van der Waals surface area (Å²) < 4.78 is 11.1. The van der Waals surface area contributed by atoms with Gasteiger partial charge in [0.2, 0.25) is 5.91 Å². The Bertz CT molecular complexity index is 565. The lowest BCUT2D eigenvalue weighted by molar-refractivity contribution is -0.127. The summed E-state index contributed by atoms with van der Waals surface area (Å²) in [6.07, 6.45) is 1.66. The fraction of sp³-hybridized carbons (Fsp3) is 0.562. The summed E-state index contributed by atoms with van der Waals surface area (Å²) in [7, 11) is 0. The SMILES string of the molecule is CC(CN1CCCC1=O)NCc1cc(Cl)c2c(c1)OCCO2. The van der Waals surface area contributed by atoms with Crippen LogP contribution in [0.2, 0.25) is 5.02 Å². The van der Waals surface area contributed by atoms with Gasteiger partial charge < -0.3 is 19.7 Å². The second-order valence-electron chi connectivity index (χ2n) is 5.83. The second-order valence-corrected chi connectivity index (χ2v) is 6.23. The Morgan fingerprint density at radius 1 is 1.36 bits per heavy atom. The van der Waals surface area contributed by atoms with E-state index in [0.29, 0.717) is 42.7 Å². The molecule has 1 aromatic rings. The van der Waals surface area contributed by atoms with Gasteiger partial charge in [-0.2, -0.15) is 0 Å². The number of hydrogen-bond donors (Lipinski definition) is 1. The number of ether oxygens (including phenoxy) is 2. The first kappa shape index (κ1) is 15.4. The van der Waals surface area contributed by atoms with Gasteiger partial charge in [0.25, 0.3) is 0 Å². The molecule has 1 saturated heterocycles. The predicted molar refractivity (Wildman–Crippen MR) is 84.6 cm³/mol. The third-order valence-corrected chi connectivity index (χ3v) is 4.26. The third kappa shape index (κ3) is 3.47. The van der Waals surface area contributed by atoms with Crippen molar-refractivity contribution in [1.29, 1.82) is 0 Å². The fourth-order valence-electron chi connectivity index (χ4n) is 2.85. The number of carbonyl (C=O) groups is 1. The Balaban J connectivity index is 1.57. The topological polar surface area (TPSA) is 50.8 Å². The van der Waals surface area contributed by atoms with Crippen LogP contribution in [-0.2, 0) is 11.3 Å². The zero-order chi connectivity index (χ0) is 15.5. The Hall–Kier alpha value is -1.46. The molecule has 1 N–H and O–H groups in total. The van der Waals surface area contributed by atoms with E-state index in [0.717, 1.165) is 25.1 Å². The van der Waals surface area contributed by atoms with Crippen LogP contribution in [-0.4, -0.2) is 43.2 Å². The van der Waals surface area contributed by atoms with Gasteiger partial charge in [-0.25, -0.2) is 0 Å². The van der Waals surface area contributed by atoms with E-state index in [-0.39, 0.29) is 11.9 Å². The molecule has 0 saturated carbocycles. The van der Waals surface area contributed by atoms with Crippen LogP contribution in [0.4, 0.5) is 0 Å². The van der Waals surface area contributed by atoms with Crippen molar-refractivity contribution in [3.05, 3.63) is 22.7 Å². The minimum absolute atomic E-state index is 0.231. The molecule has 1 aromatic carbocycles. The Kier molecular flexibility index (Phi) is 4.74. The summed E-state index contributed by atoms with van der Waals surface area (Å²) >= 11 is 6.23. The molecule has 120 valence electrons. The van der Waals surface area contributed by atoms with Crippen molar-refractivity contribution in [1.82, 2.24) is 10.2 Å². The van der Waals surface area contributed by atoms with Crippen molar-refractivity contribution in [2.24, 2.45) is 0 Å². The minimum Gasteiger partial charge on any atom is -0.486 e. The molecule has 0 spiro atoms. The van der Waals surface area contributed by atoms with E-state index in [4.69, 9.17) is 21.1 Å². The predicted octanol–water partition coefficient (Wildman–Crippen LogP) is 2.21. The van der Waals surface area contributed by atoms with E-state index in [1.807, 2.05) is 17.0 Å². The van der Waals surface area contributed by atoms with Gasteiger partial charge in [0.05, 0.1) is 5.02 Å². The standard InChI is InChI=1S/C16H21ClN2O3/c1-11(10-19-4-2-3-15(19)20)18-9-12-7-13(17)16-14(8-12)21-5-6-22-16/h7-8,11,18H,2-6,9-10H2,1H3. The molecule has 2 heterocycles. The summed E-state index contributed by atoms with van der Waals surface area (Å²) in [5, 5.41) is 4.01. The van der Waals surface area contributed by atoms with Gasteiger partial charge in [0.15, 0.2) is 11.5 Å². The molecule has 1 unspecified atom stereocenters. The van der Waals surface area contributed by atoms with Crippen molar-refractivity contribution in [2.45, 2.75) is 32.4 Å². The Morgan fingerprint density at radius 2 is 2.18 bits per heavy atom. The van der Waals surface area contributed by atoms with E-state index in [2.05, 4.69) is 12.2 Å². The van der Waals surface area contributed by atoms with Gasteiger partial charge >= 0.3 is 0 Å². The molecule has 0 bridgehead atoms. The molecule has 1 atom stereocenters. The Labute approximate surface area is 135 Å². The third-order valence-electron chi connectivity index (χ3n) is 3.98. The van der Waals surface area contributed by atoms with E-state index in [1.54, 1.807) is 0 Å². The lowest BCUT2D eigenvalue weighted by Gasteiger charge is -2.23. The van der Waals surface area contributed by atoms with Crippen LogP contribution in [0.3, 0.4) is 0 Å². The normalized spacial score (nSPS) is 18.6. The smallest absolute Gasteiger partial charge is 0.222 e. The molecule has 6 heteroatoms. The molecule has 3 rings (SSSR count). The molecule has 5 nitrogen and oxygen atoms in total. The number of nitrogens with one attached hydrogen (secondary N) is 1. The second kappa shape index (κ2) is 6.75. The number of benzene rings is 1. The average molecular weight is 325 g/mol. The number of rotatable bonds is 5. The molecule has 0 radical (unpaired) electrons. The first-order valence-electron chi connectivity index (χ1n) is 7.72. The maximum atomic E-state index is 11.6. The zero-order valence-corrected chi connectivity index (χ0v) is 13.5. The summed E-state index contributed by atoms with van der Waals surface area (Å²) in [5.41, 5.74) is 1.05. The van der Waals surface area contributed by atoms with Crippen LogP contribution in [0.1, 0.15) is 25.3 Å². The van der Waals surface area contributed by atoms with Crippen molar-refractivity contribution in [3.63, 3.8) is 0 Å². The number of likely N-dealkylation sites (tertiary alicyclic amines) is 1. The fourth-order valence-corrected chi connectivity index (χ4v) is 3.14. The molecule has 22 heavy (non-hydrogen) atoms. The van der Waals surface area contributed by atoms with Gasteiger partial charge in [-0.1, -0.05) is 11.6 Å². The quantitative estimate of drug-likeness (QED) is 0.902. The first-order valence-corrected chi connectivity index (χ1v) is 8.10. The lowest BCUT2D eigenvalue weighted by Crippen LogP contribution is -2.39. The van der Waals surface area contributed by atoms with Gasteiger partial charge in [0, 0.05) is 32.1 Å². The van der Waals surface area contributed by atoms with E-state index in [9.17, 15) is 4.79 Å². The molecule has 0 aromatic heterocycles. The highest BCUT2D eigenvalue weighted by Crippen LogP contribution is 2.38. The van der Waals surface area contributed by atoms with E-state index >= 15 is 0 Å². The van der Waals surface area contributed by atoms with Crippen LogP contribution in [0, 0.1) is 0 Å². The van der Waals surface area contributed by atoms with Crippen molar-refractivity contribution < 1.29 is 14.3 Å². The van der Waals surface area contributed by atoms with Crippen LogP contribution in [0.5, 0.6) is 11.5 Å². The van der Waals surface area contributed by atoms with Gasteiger partial charge in [-0.05, 0) is 31.0 Å². The number of halogens is 1. The molecule has 0 aliphatic carbocycles. The lowest BCUT2D eigenvalue weighted by atomic mass is 10.1. The molecule has 1 amide bonds. The van der Waals surface area contributed by atoms with E-state index in [1.165, 1.54) is 0 Å². The number of nitrogens with zero attached hydrogens (tertiary/aromatic N) is 1. The van der Waals surface area contributed by atoms with Gasteiger partial charge in [-0.3, -0.25) is 4.79 Å². The molecule has 1 fully saturated rings. The van der Waals surface area contributed by atoms with Crippen molar-refractivity contribution >= 4 is 17.5 Å². The minimum atomic E-state index is 0.231. The van der Waals surface area contributed by atoms with Gasteiger partial charge in [-0.15, -0.1) is 0 Å². The van der Waals surface area contributed by atoms with Crippen LogP contribution in [0.15, 0.2) is 12.1 Å². The number of amides is 1. The summed E-state index contributed by atoms with van der Waals surface area (Å²) in [4.78, 5) is 13.6. The monoisotopic (exact) mass is 324 g/mol. The molecular formula is C16H21ClN2O3. The maximum Gasteiger partial charge on any atom is 0.222 e. The van der Waals surface area contributed by atoms with E-state index < -0.39 is 0 Å². The average Bonchev–Trinajstić information content (AvgIpc) is 2.90. The van der Waals surface area contributed by atoms with Crippen molar-refractivity contribution in [3.8, 4) is 11.5 Å². The van der Waals surface area contributed by atoms with Crippen LogP contribution in [0.25, 0.3) is 0 Å².